The average Bonchev–Trinajstić information content (AvgIpc) is 2.58. The Kier molecular flexibility index (Phi) is 2.10. The van der Waals surface area contributed by atoms with E-state index >= 15 is 0 Å². The summed E-state index contributed by atoms with van der Waals surface area (Å²) in [5.41, 5.74) is -0.0498. The maximum Gasteiger partial charge on any atom is 0.229 e. The second kappa shape index (κ2) is 3.05. The summed E-state index contributed by atoms with van der Waals surface area (Å²) in [6, 6.07) is 0. The fourth-order valence-electron chi connectivity index (χ4n) is 1.86. The molecular formula is C10H15NO3. The Bertz CT molecular complexity index is 269. The predicted octanol–water partition coefficient (Wildman–Crippen LogP) is 0.703. The molecule has 1 atom stereocenters. The summed E-state index contributed by atoms with van der Waals surface area (Å²) in [4.78, 5) is 23.8. The van der Waals surface area contributed by atoms with Crippen molar-refractivity contribution in [2.75, 3.05) is 6.54 Å². The molecule has 2 heterocycles. The number of carbonyl (C=O) groups excluding carboxylic acids is 2. The number of carbonyl (C=O) groups is 2. The Hall–Kier alpha value is -0.900. The minimum Gasteiger partial charge on any atom is -0.367 e. The fourth-order valence-corrected chi connectivity index (χ4v) is 1.86. The van der Waals surface area contributed by atoms with E-state index in [4.69, 9.17) is 4.74 Å². The van der Waals surface area contributed by atoms with Crippen LogP contribution in [0.4, 0.5) is 0 Å². The lowest BCUT2D eigenvalue weighted by molar-refractivity contribution is -0.138. The highest BCUT2D eigenvalue weighted by Gasteiger charge is 2.47. The Balaban J connectivity index is 1.81. The van der Waals surface area contributed by atoms with Crippen LogP contribution in [0.1, 0.15) is 33.1 Å². The van der Waals surface area contributed by atoms with E-state index in [-0.39, 0.29) is 23.5 Å². The van der Waals surface area contributed by atoms with Crippen LogP contribution in [0.25, 0.3) is 0 Å². The Morgan fingerprint density at radius 2 is 1.86 bits per heavy atom. The van der Waals surface area contributed by atoms with E-state index in [1.54, 1.807) is 0 Å². The van der Waals surface area contributed by atoms with Crippen LogP contribution < -0.4 is 0 Å². The predicted molar refractivity (Wildman–Crippen MR) is 49.5 cm³/mol. The first-order valence-corrected chi connectivity index (χ1v) is 5.02. The van der Waals surface area contributed by atoms with Gasteiger partial charge in [0.05, 0.1) is 11.7 Å². The van der Waals surface area contributed by atoms with Crippen molar-refractivity contribution in [3.8, 4) is 0 Å². The van der Waals surface area contributed by atoms with Gasteiger partial charge in [-0.3, -0.25) is 14.5 Å². The molecule has 2 aliphatic heterocycles. The molecule has 4 nitrogen and oxygen atoms in total. The zero-order valence-electron chi connectivity index (χ0n) is 8.58. The molecule has 78 valence electrons. The minimum atomic E-state index is -0.0498. The monoisotopic (exact) mass is 197 g/mol. The van der Waals surface area contributed by atoms with Crippen molar-refractivity contribution in [1.82, 2.24) is 4.90 Å². The van der Waals surface area contributed by atoms with E-state index in [0.29, 0.717) is 19.4 Å². The molecule has 2 saturated heterocycles. The molecule has 0 aliphatic carbocycles. The third-order valence-corrected chi connectivity index (χ3v) is 2.93. The summed E-state index contributed by atoms with van der Waals surface area (Å²) < 4.78 is 5.39. The number of imide groups is 1. The van der Waals surface area contributed by atoms with Crippen LogP contribution in [0.15, 0.2) is 0 Å². The molecule has 0 saturated carbocycles. The first-order valence-electron chi connectivity index (χ1n) is 5.02. The molecule has 0 spiro atoms. The molecule has 0 N–H and O–H groups in total. The maximum absolute atomic E-state index is 11.2. The molecule has 14 heavy (non-hydrogen) atoms. The topological polar surface area (TPSA) is 49.9 Å². The smallest absolute Gasteiger partial charge is 0.229 e. The van der Waals surface area contributed by atoms with Crippen molar-refractivity contribution in [2.45, 2.75) is 44.8 Å². The number of likely N-dealkylation sites (tertiary alicyclic amines) is 1. The second-order valence-corrected chi connectivity index (χ2v) is 4.44. The van der Waals surface area contributed by atoms with Crippen molar-refractivity contribution >= 4 is 11.8 Å². The number of nitrogens with zero attached hydrogens (tertiary/aromatic N) is 1. The van der Waals surface area contributed by atoms with Gasteiger partial charge in [0, 0.05) is 19.4 Å². The molecular weight excluding hydrogens is 182 g/mol. The quantitative estimate of drug-likeness (QED) is 0.494. The van der Waals surface area contributed by atoms with Gasteiger partial charge in [-0.2, -0.15) is 0 Å². The van der Waals surface area contributed by atoms with Crippen LogP contribution >= 0.6 is 0 Å². The zero-order chi connectivity index (χ0) is 10.3. The van der Waals surface area contributed by atoms with Crippen LogP contribution in [0.2, 0.25) is 0 Å². The van der Waals surface area contributed by atoms with E-state index < -0.39 is 0 Å². The third kappa shape index (κ3) is 1.66. The average molecular weight is 197 g/mol. The van der Waals surface area contributed by atoms with Crippen molar-refractivity contribution in [1.29, 1.82) is 0 Å². The number of amides is 2. The molecule has 2 aliphatic rings. The van der Waals surface area contributed by atoms with Crippen LogP contribution in [-0.2, 0) is 14.3 Å². The van der Waals surface area contributed by atoms with Gasteiger partial charge in [0.15, 0.2) is 0 Å². The number of hydrogen-bond donors (Lipinski definition) is 0. The van der Waals surface area contributed by atoms with Gasteiger partial charge >= 0.3 is 0 Å². The Morgan fingerprint density at radius 3 is 2.29 bits per heavy atom. The molecule has 2 rings (SSSR count). The summed E-state index contributed by atoms with van der Waals surface area (Å²) in [5.74, 6) is -0.0677. The summed E-state index contributed by atoms with van der Waals surface area (Å²) in [6.07, 6.45) is 1.75. The lowest BCUT2D eigenvalue weighted by atomic mass is 10.1. The standard InChI is InChI=1S/C10H15NO3/c1-10(2)7(14-10)5-6-11-8(12)3-4-9(11)13/h7H,3-6H2,1-2H3. The first-order chi connectivity index (χ1) is 6.50. The minimum absolute atomic E-state index is 0.0338. The van der Waals surface area contributed by atoms with Gasteiger partial charge in [-0.15, -0.1) is 0 Å². The van der Waals surface area contributed by atoms with Crippen molar-refractivity contribution in [3.63, 3.8) is 0 Å². The number of rotatable bonds is 3. The fraction of sp³-hybridized carbons (Fsp3) is 0.800. The SMILES string of the molecule is CC1(C)OC1CCN1C(=O)CCC1=O. The van der Waals surface area contributed by atoms with Crippen LogP contribution in [0.5, 0.6) is 0 Å². The number of hydrogen-bond acceptors (Lipinski definition) is 3. The largest absolute Gasteiger partial charge is 0.367 e. The summed E-state index contributed by atoms with van der Waals surface area (Å²) in [6.45, 7) is 4.56. The first kappa shape index (κ1) is 9.65. The molecule has 0 aromatic rings. The molecule has 2 fully saturated rings. The third-order valence-electron chi connectivity index (χ3n) is 2.93. The Labute approximate surface area is 83.2 Å². The van der Waals surface area contributed by atoms with Crippen molar-refractivity contribution in [2.24, 2.45) is 0 Å². The van der Waals surface area contributed by atoms with E-state index in [1.807, 2.05) is 13.8 Å². The molecule has 0 bridgehead atoms. The van der Waals surface area contributed by atoms with Gasteiger partial charge < -0.3 is 4.74 Å². The number of epoxide rings is 1. The molecule has 1 unspecified atom stereocenters. The highest BCUT2D eigenvalue weighted by atomic mass is 16.6. The van der Waals surface area contributed by atoms with Crippen LogP contribution in [-0.4, -0.2) is 35.0 Å². The van der Waals surface area contributed by atoms with Gasteiger partial charge in [-0.05, 0) is 20.3 Å². The maximum atomic E-state index is 11.2. The second-order valence-electron chi connectivity index (χ2n) is 4.44. The normalized spacial score (nSPS) is 29.9. The summed E-state index contributed by atoms with van der Waals surface area (Å²) >= 11 is 0. The lowest BCUT2D eigenvalue weighted by Gasteiger charge is -2.12. The van der Waals surface area contributed by atoms with Gasteiger partial charge in [0.25, 0.3) is 0 Å². The molecule has 0 aromatic carbocycles. The highest BCUT2D eigenvalue weighted by Crippen LogP contribution is 2.37. The molecule has 0 aromatic heterocycles. The van der Waals surface area contributed by atoms with E-state index in [9.17, 15) is 9.59 Å². The van der Waals surface area contributed by atoms with Crippen molar-refractivity contribution in [3.05, 3.63) is 0 Å². The van der Waals surface area contributed by atoms with Crippen LogP contribution in [0, 0.1) is 0 Å². The summed E-state index contributed by atoms with van der Waals surface area (Å²) in [7, 11) is 0. The van der Waals surface area contributed by atoms with E-state index in [2.05, 4.69) is 0 Å². The molecule has 4 heteroatoms. The van der Waals surface area contributed by atoms with Crippen LogP contribution in [0.3, 0.4) is 0 Å². The molecule has 2 amide bonds. The highest BCUT2D eigenvalue weighted by molar-refractivity contribution is 6.01. The van der Waals surface area contributed by atoms with Gasteiger partial charge in [0.2, 0.25) is 11.8 Å². The Morgan fingerprint density at radius 1 is 1.36 bits per heavy atom. The number of ether oxygens (including phenoxy) is 1. The van der Waals surface area contributed by atoms with E-state index in [1.165, 1.54) is 4.90 Å². The van der Waals surface area contributed by atoms with Crippen molar-refractivity contribution < 1.29 is 14.3 Å². The zero-order valence-corrected chi connectivity index (χ0v) is 8.58. The van der Waals surface area contributed by atoms with Gasteiger partial charge in [0.1, 0.15) is 0 Å². The molecule has 0 radical (unpaired) electrons. The van der Waals surface area contributed by atoms with E-state index in [0.717, 1.165) is 6.42 Å². The van der Waals surface area contributed by atoms with Gasteiger partial charge in [-0.25, -0.2) is 0 Å². The lowest BCUT2D eigenvalue weighted by Crippen LogP contribution is -2.31. The summed E-state index contributed by atoms with van der Waals surface area (Å²) in [5, 5.41) is 0. The van der Waals surface area contributed by atoms with Gasteiger partial charge in [-0.1, -0.05) is 0 Å².